The molecule has 0 saturated carbocycles. The first-order valence-electron chi connectivity index (χ1n) is 4.82. The molecule has 0 saturated heterocycles. The Balaban J connectivity index is 2.25. The molecule has 17 heavy (non-hydrogen) atoms. The largest absolute Gasteiger partial charge is 0.192 e. The maximum atomic E-state index is 8.80. The van der Waals surface area contributed by atoms with E-state index < -0.39 is 0 Å². The number of rotatable bonds is 2. The lowest BCUT2D eigenvalue weighted by Crippen LogP contribution is -1.82. The molecule has 84 valence electrons. The number of nitriles is 1. The smallest absolute Gasteiger partial charge is 0.0991 e. The summed E-state index contributed by atoms with van der Waals surface area (Å²) < 4.78 is 1.08. The van der Waals surface area contributed by atoms with E-state index in [0.29, 0.717) is 5.56 Å². The molecular formula is C13H7ClINS. The fourth-order valence-electron chi connectivity index (χ4n) is 1.28. The summed E-state index contributed by atoms with van der Waals surface area (Å²) in [6.07, 6.45) is 0. The molecule has 0 aromatic heterocycles. The normalized spacial score (nSPS) is 9.94. The van der Waals surface area contributed by atoms with Crippen LogP contribution < -0.4 is 0 Å². The SMILES string of the molecule is N#Cc1ccc(Sc2ccc(Cl)cc2)c(I)c1. The van der Waals surface area contributed by atoms with Gasteiger partial charge in [0.15, 0.2) is 0 Å². The molecule has 0 amide bonds. The first-order valence-corrected chi connectivity index (χ1v) is 7.09. The Kier molecular flexibility index (Phi) is 4.32. The van der Waals surface area contributed by atoms with E-state index in [1.54, 1.807) is 11.8 Å². The van der Waals surface area contributed by atoms with Gasteiger partial charge in [-0.3, -0.25) is 0 Å². The second-order valence-corrected chi connectivity index (χ2v) is 6.03. The quantitative estimate of drug-likeness (QED) is 0.696. The monoisotopic (exact) mass is 371 g/mol. The predicted octanol–water partition coefficient (Wildman–Crippen LogP) is 4.97. The van der Waals surface area contributed by atoms with Gasteiger partial charge in [0.2, 0.25) is 0 Å². The zero-order chi connectivity index (χ0) is 12.3. The first-order chi connectivity index (χ1) is 8.19. The summed E-state index contributed by atoms with van der Waals surface area (Å²) in [7, 11) is 0. The van der Waals surface area contributed by atoms with Crippen LogP contribution in [0.4, 0.5) is 0 Å². The third-order valence-electron chi connectivity index (χ3n) is 2.10. The van der Waals surface area contributed by atoms with Gasteiger partial charge in [-0.25, -0.2) is 0 Å². The van der Waals surface area contributed by atoms with Crippen LogP contribution >= 0.6 is 46.0 Å². The van der Waals surface area contributed by atoms with Crippen molar-refractivity contribution in [2.45, 2.75) is 9.79 Å². The van der Waals surface area contributed by atoms with Crippen LogP contribution in [0.3, 0.4) is 0 Å². The third kappa shape index (κ3) is 3.38. The molecule has 0 unspecified atom stereocenters. The minimum atomic E-state index is 0.690. The lowest BCUT2D eigenvalue weighted by molar-refractivity contribution is 1.35. The van der Waals surface area contributed by atoms with Gasteiger partial charge in [0.25, 0.3) is 0 Å². The highest BCUT2D eigenvalue weighted by Gasteiger charge is 2.03. The topological polar surface area (TPSA) is 23.8 Å². The predicted molar refractivity (Wildman–Crippen MR) is 79.4 cm³/mol. The Bertz CT molecular complexity index is 575. The molecule has 0 fully saturated rings. The van der Waals surface area contributed by atoms with Crippen LogP contribution in [0.15, 0.2) is 52.3 Å². The van der Waals surface area contributed by atoms with Gasteiger partial charge < -0.3 is 0 Å². The number of benzene rings is 2. The minimum absolute atomic E-state index is 0.690. The van der Waals surface area contributed by atoms with E-state index in [0.717, 1.165) is 18.4 Å². The minimum Gasteiger partial charge on any atom is -0.192 e. The van der Waals surface area contributed by atoms with E-state index in [4.69, 9.17) is 16.9 Å². The van der Waals surface area contributed by atoms with Gasteiger partial charge in [0, 0.05) is 18.4 Å². The zero-order valence-corrected chi connectivity index (χ0v) is 12.4. The molecule has 0 N–H and O–H groups in total. The second kappa shape index (κ2) is 5.76. The lowest BCUT2D eigenvalue weighted by Gasteiger charge is -2.04. The van der Waals surface area contributed by atoms with Gasteiger partial charge in [-0.15, -0.1) is 0 Å². The van der Waals surface area contributed by atoms with E-state index in [9.17, 15) is 0 Å². The number of hydrogen-bond donors (Lipinski definition) is 0. The number of nitrogens with zero attached hydrogens (tertiary/aromatic N) is 1. The van der Waals surface area contributed by atoms with Gasteiger partial charge >= 0.3 is 0 Å². The molecule has 0 aliphatic heterocycles. The van der Waals surface area contributed by atoms with Gasteiger partial charge in [0.1, 0.15) is 0 Å². The van der Waals surface area contributed by atoms with E-state index >= 15 is 0 Å². The van der Waals surface area contributed by atoms with Crippen molar-refractivity contribution >= 4 is 46.0 Å². The highest BCUT2D eigenvalue weighted by molar-refractivity contribution is 14.1. The van der Waals surface area contributed by atoms with E-state index in [1.807, 2.05) is 42.5 Å². The summed E-state index contributed by atoms with van der Waals surface area (Å²) in [5.74, 6) is 0. The van der Waals surface area contributed by atoms with E-state index in [-0.39, 0.29) is 0 Å². The standard InChI is InChI=1S/C13H7ClINS/c14-10-2-4-11(5-3-10)17-13-6-1-9(8-16)7-12(13)15/h1-7H. The van der Waals surface area contributed by atoms with Crippen molar-refractivity contribution in [1.82, 2.24) is 0 Å². The van der Waals surface area contributed by atoms with Crippen molar-refractivity contribution in [2.75, 3.05) is 0 Å². The van der Waals surface area contributed by atoms with Crippen LogP contribution in [0.1, 0.15) is 5.56 Å². The van der Waals surface area contributed by atoms with Crippen molar-refractivity contribution in [3.63, 3.8) is 0 Å². The molecule has 0 heterocycles. The molecule has 1 nitrogen and oxygen atoms in total. The highest BCUT2D eigenvalue weighted by atomic mass is 127. The Hall–Kier alpha value is -0.700. The van der Waals surface area contributed by atoms with Crippen LogP contribution in [0.2, 0.25) is 5.02 Å². The fourth-order valence-corrected chi connectivity index (χ4v) is 3.07. The molecule has 0 bridgehead atoms. The van der Waals surface area contributed by atoms with Crippen LogP contribution in [-0.4, -0.2) is 0 Å². The van der Waals surface area contributed by atoms with Crippen LogP contribution in [0, 0.1) is 14.9 Å². The van der Waals surface area contributed by atoms with Crippen LogP contribution in [0.5, 0.6) is 0 Å². The van der Waals surface area contributed by atoms with E-state index in [2.05, 4.69) is 28.7 Å². The lowest BCUT2D eigenvalue weighted by atomic mass is 10.2. The van der Waals surface area contributed by atoms with Gasteiger partial charge in [0.05, 0.1) is 11.6 Å². The number of halogens is 2. The van der Waals surface area contributed by atoms with Crippen LogP contribution in [0.25, 0.3) is 0 Å². The molecule has 2 rings (SSSR count). The Labute approximate surface area is 123 Å². The molecule has 2 aromatic rings. The number of hydrogen-bond acceptors (Lipinski definition) is 2. The first kappa shape index (κ1) is 12.7. The molecule has 4 heteroatoms. The van der Waals surface area contributed by atoms with Crippen LogP contribution in [-0.2, 0) is 0 Å². The molecule has 0 radical (unpaired) electrons. The van der Waals surface area contributed by atoms with Crippen molar-refractivity contribution < 1.29 is 0 Å². The molecule has 0 aliphatic carbocycles. The summed E-state index contributed by atoms with van der Waals surface area (Å²) >= 11 is 9.75. The summed E-state index contributed by atoms with van der Waals surface area (Å²) in [5, 5.41) is 9.54. The van der Waals surface area contributed by atoms with Crippen molar-refractivity contribution in [1.29, 1.82) is 5.26 Å². The fraction of sp³-hybridized carbons (Fsp3) is 0. The highest BCUT2D eigenvalue weighted by Crippen LogP contribution is 2.32. The molecule has 0 aliphatic rings. The Morgan fingerprint density at radius 2 is 1.82 bits per heavy atom. The molecular weight excluding hydrogens is 365 g/mol. The van der Waals surface area contributed by atoms with Crippen molar-refractivity contribution in [2.24, 2.45) is 0 Å². The third-order valence-corrected chi connectivity index (χ3v) is 4.70. The van der Waals surface area contributed by atoms with Crippen molar-refractivity contribution in [3.8, 4) is 6.07 Å². The zero-order valence-electron chi connectivity index (χ0n) is 8.65. The average Bonchev–Trinajstić information content (AvgIpc) is 2.34. The average molecular weight is 372 g/mol. The summed E-state index contributed by atoms with van der Waals surface area (Å²) in [6, 6.07) is 15.6. The van der Waals surface area contributed by atoms with Gasteiger partial charge in [-0.05, 0) is 65.1 Å². The molecule has 0 atom stereocenters. The van der Waals surface area contributed by atoms with Gasteiger partial charge in [-0.2, -0.15) is 5.26 Å². The second-order valence-electron chi connectivity index (χ2n) is 3.31. The maximum absolute atomic E-state index is 8.80. The summed E-state index contributed by atoms with van der Waals surface area (Å²) in [4.78, 5) is 2.28. The molecule has 0 spiro atoms. The van der Waals surface area contributed by atoms with Gasteiger partial charge in [-0.1, -0.05) is 23.4 Å². The van der Waals surface area contributed by atoms with E-state index in [1.165, 1.54) is 0 Å². The maximum Gasteiger partial charge on any atom is 0.0991 e. The summed E-state index contributed by atoms with van der Waals surface area (Å²) in [5.41, 5.74) is 0.690. The summed E-state index contributed by atoms with van der Waals surface area (Å²) in [6.45, 7) is 0. The molecule has 2 aromatic carbocycles. The Morgan fingerprint density at radius 1 is 1.12 bits per heavy atom. The Morgan fingerprint density at radius 3 is 2.41 bits per heavy atom. The van der Waals surface area contributed by atoms with Crippen molar-refractivity contribution in [3.05, 3.63) is 56.6 Å².